The largest absolute Gasteiger partial charge is 0.324 e. The number of anilines is 1. The van der Waals surface area contributed by atoms with Crippen molar-refractivity contribution in [1.82, 2.24) is 19.5 Å². The van der Waals surface area contributed by atoms with Crippen molar-refractivity contribution in [2.24, 2.45) is 0 Å². The molecule has 1 amide bonds. The van der Waals surface area contributed by atoms with Crippen molar-refractivity contribution in [2.45, 2.75) is 31.2 Å². The predicted octanol–water partition coefficient (Wildman–Crippen LogP) is 2.97. The second-order valence-electron chi connectivity index (χ2n) is 7.18. The molecule has 2 N–H and O–H groups in total. The van der Waals surface area contributed by atoms with Crippen LogP contribution < -0.4 is 15.6 Å². The number of halogens is 2. The van der Waals surface area contributed by atoms with Crippen molar-refractivity contribution < 1.29 is 13.2 Å². The third-order valence-corrected chi connectivity index (χ3v) is 7.03. The molecule has 174 valence electrons. The van der Waals surface area contributed by atoms with E-state index in [0.29, 0.717) is 12.0 Å². The monoisotopic (exact) mass is 509 g/mol. The number of aromatic nitrogens is 3. The van der Waals surface area contributed by atoms with Crippen molar-refractivity contribution in [3.63, 3.8) is 0 Å². The van der Waals surface area contributed by atoms with Crippen LogP contribution in [0, 0.1) is 6.92 Å². The number of sulfonamides is 1. The summed E-state index contributed by atoms with van der Waals surface area (Å²) in [5.74, 6) is -0.585. The van der Waals surface area contributed by atoms with Crippen molar-refractivity contribution >= 4 is 44.8 Å². The van der Waals surface area contributed by atoms with Gasteiger partial charge in [0.05, 0.1) is 9.92 Å². The fourth-order valence-electron chi connectivity index (χ4n) is 2.97. The lowest BCUT2D eigenvalue weighted by Crippen LogP contribution is -2.33. The Morgan fingerprint density at radius 3 is 2.64 bits per heavy atom. The van der Waals surface area contributed by atoms with E-state index in [1.165, 1.54) is 13.0 Å². The van der Waals surface area contributed by atoms with E-state index in [9.17, 15) is 18.0 Å². The summed E-state index contributed by atoms with van der Waals surface area (Å²) in [6.07, 6.45) is 2.07. The highest BCUT2D eigenvalue weighted by molar-refractivity contribution is 7.89. The molecule has 3 aromatic rings. The highest BCUT2D eigenvalue weighted by atomic mass is 35.5. The van der Waals surface area contributed by atoms with Crippen LogP contribution in [0.5, 0.6) is 0 Å². The Morgan fingerprint density at radius 2 is 1.94 bits per heavy atom. The summed E-state index contributed by atoms with van der Waals surface area (Å²) in [6, 6.07) is 9.97. The Balaban J connectivity index is 1.74. The smallest absolute Gasteiger partial charge is 0.269 e. The molecule has 3 rings (SSSR count). The minimum atomic E-state index is -3.84. The highest BCUT2D eigenvalue weighted by Gasteiger charge is 2.21. The molecule has 1 aromatic carbocycles. The van der Waals surface area contributed by atoms with Crippen LogP contribution >= 0.6 is 23.2 Å². The fraction of sp³-hybridized carbons (Fsp3) is 0.238. The average molecular weight is 510 g/mol. The van der Waals surface area contributed by atoms with E-state index in [-0.39, 0.29) is 27.3 Å². The predicted molar refractivity (Wildman–Crippen MR) is 126 cm³/mol. The number of benzene rings is 1. The maximum Gasteiger partial charge on any atom is 0.269 e. The molecule has 12 heteroatoms. The second-order valence-corrected chi connectivity index (χ2v) is 9.68. The third kappa shape index (κ3) is 6.17. The number of hydrogen-bond donors (Lipinski definition) is 2. The molecule has 1 atom stereocenters. The number of carbonyl (C=O) groups is 1. The number of nitrogens with one attached hydrogen (secondary N) is 2. The van der Waals surface area contributed by atoms with E-state index in [0.717, 1.165) is 16.4 Å². The topological polar surface area (TPSA) is 123 Å². The minimum absolute atomic E-state index is 0.0190. The highest BCUT2D eigenvalue weighted by Crippen LogP contribution is 2.22. The van der Waals surface area contributed by atoms with Crippen LogP contribution in [0.2, 0.25) is 10.2 Å². The van der Waals surface area contributed by atoms with Gasteiger partial charge in [0.15, 0.2) is 5.15 Å². The van der Waals surface area contributed by atoms with Gasteiger partial charge in [0, 0.05) is 36.6 Å². The number of carbonyl (C=O) groups excluding carboxylic acids is 1. The van der Waals surface area contributed by atoms with E-state index < -0.39 is 27.5 Å². The van der Waals surface area contributed by atoms with Crippen molar-refractivity contribution in [3.8, 4) is 0 Å². The van der Waals surface area contributed by atoms with Crippen LogP contribution in [-0.4, -0.2) is 35.6 Å². The lowest BCUT2D eigenvalue weighted by Gasteiger charge is -2.16. The van der Waals surface area contributed by atoms with Crippen LogP contribution in [0.25, 0.3) is 0 Å². The number of pyridine rings is 1. The summed E-state index contributed by atoms with van der Waals surface area (Å²) >= 11 is 11.6. The first-order valence-electron chi connectivity index (χ1n) is 9.84. The Hall–Kier alpha value is -2.79. The summed E-state index contributed by atoms with van der Waals surface area (Å²) in [4.78, 5) is 29.0. The van der Waals surface area contributed by atoms with Gasteiger partial charge >= 0.3 is 0 Å². The number of rotatable bonds is 8. The Morgan fingerprint density at radius 1 is 1.18 bits per heavy atom. The van der Waals surface area contributed by atoms with Gasteiger partial charge < -0.3 is 5.32 Å². The van der Waals surface area contributed by atoms with Gasteiger partial charge in [-0.3, -0.25) is 14.6 Å². The SMILES string of the molecule is Cc1ccc(NC(=O)C(C)n2nc(Cl)c(Cl)cc2=O)cc1S(=O)(=O)NCCc1ccccn1. The first-order valence-corrected chi connectivity index (χ1v) is 12.1. The molecule has 0 spiro atoms. The summed E-state index contributed by atoms with van der Waals surface area (Å²) in [7, 11) is -3.84. The van der Waals surface area contributed by atoms with E-state index in [4.69, 9.17) is 23.2 Å². The molecule has 9 nitrogen and oxygen atoms in total. The molecule has 0 saturated carbocycles. The van der Waals surface area contributed by atoms with Crippen LogP contribution in [0.4, 0.5) is 5.69 Å². The number of aryl methyl sites for hydroxylation is 1. The first-order chi connectivity index (χ1) is 15.6. The Bertz CT molecular complexity index is 1330. The summed E-state index contributed by atoms with van der Waals surface area (Å²) < 4.78 is 29.1. The van der Waals surface area contributed by atoms with Gasteiger partial charge in [-0.25, -0.2) is 17.8 Å². The van der Waals surface area contributed by atoms with Crippen molar-refractivity contribution in [3.05, 3.63) is 80.4 Å². The molecular formula is C21H21Cl2N5O4S. The van der Waals surface area contributed by atoms with E-state index in [2.05, 4.69) is 20.1 Å². The normalized spacial score (nSPS) is 12.4. The molecular weight excluding hydrogens is 489 g/mol. The van der Waals surface area contributed by atoms with Gasteiger partial charge in [0.25, 0.3) is 5.56 Å². The van der Waals surface area contributed by atoms with Crippen LogP contribution in [0.3, 0.4) is 0 Å². The standard InChI is InChI=1S/C21H21Cl2N5O4S/c1-13-6-7-16(26-21(30)14(2)28-19(29)12-17(22)20(23)27-28)11-18(13)33(31,32)25-10-8-15-5-3-4-9-24-15/h3-7,9,11-12,14,25H,8,10H2,1-2H3,(H,26,30). The molecule has 0 aliphatic rings. The summed E-state index contributed by atoms with van der Waals surface area (Å²) in [5.41, 5.74) is 0.916. The van der Waals surface area contributed by atoms with Gasteiger partial charge in [-0.15, -0.1) is 0 Å². The Labute approximate surface area is 200 Å². The molecule has 2 heterocycles. The molecule has 0 aliphatic carbocycles. The second kappa shape index (κ2) is 10.4. The van der Waals surface area contributed by atoms with E-state index >= 15 is 0 Å². The van der Waals surface area contributed by atoms with E-state index in [1.807, 2.05) is 12.1 Å². The maximum atomic E-state index is 12.8. The molecule has 0 saturated heterocycles. The molecule has 2 aromatic heterocycles. The zero-order chi connectivity index (χ0) is 24.2. The summed E-state index contributed by atoms with van der Waals surface area (Å²) in [5, 5.41) is 6.30. The molecule has 33 heavy (non-hydrogen) atoms. The van der Waals surface area contributed by atoms with Crippen LogP contribution in [0.1, 0.15) is 24.2 Å². The Kier molecular flexibility index (Phi) is 7.85. The molecule has 0 radical (unpaired) electrons. The van der Waals surface area contributed by atoms with Crippen molar-refractivity contribution in [1.29, 1.82) is 0 Å². The van der Waals surface area contributed by atoms with Crippen molar-refractivity contribution in [2.75, 3.05) is 11.9 Å². The van der Waals surface area contributed by atoms with Gasteiger partial charge in [0.1, 0.15) is 6.04 Å². The van der Waals surface area contributed by atoms with Gasteiger partial charge in [-0.1, -0.05) is 35.3 Å². The number of nitrogens with zero attached hydrogens (tertiary/aromatic N) is 3. The quantitative estimate of drug-likeness (QED) is 0.481. The molecule has 0 fully saturated rings. The minimum Gasteiger partial charge on any atom is -0.324 e. The lowest BCUT2D eigenvalue weighted by molar-refractivity contribution is -0.119. The first kappa shape index (κ1) is 24.8. The zero-order valence-corrected chi connectivity index (χ0v) is 20.1. The molecule has 0 bridgehead atoms. The molecule has 1 unspecified atom stereocenters. The summed E-state index contributed by atoms with van der Waals surface area (Å²) in [6.45, 7) is 3.28. The van der Waals surface area contributed by atoms with Gasteiger partial charge in [-0.2, -0.15) is 5.10 Å². The van der Waals surface area contributed by atoms with E-state index in [1.54, 1.807) is 31.3 Å². The van der Waals surface area contributed by atoms with Gasteiger partial charge in [0.2, 0.25) is 15.9 Å². The number of amides is 1. The fourth-order valence-corrected chi connectivity index (χ4v) is 4.53. The molecule has 0 aliphatic heterocycles. The maximum absolute atomic E-state index is 12.8. The van der Waals surface area contributed by atoms with Crippen LogP contribution in [0.15, 0.2) is 58.4 Å². The third-order valence-electron chi connectivity index (χ3n) is 4.76. The van der Waals surface area contributed by atoms with Crippen LogP contribution in [-0.2, 0) is 21.2 Å². The number of hydrogen-bond acceptors (Lipinski definition) is 6. The van der Waals surface area contributed by atoms with Gasteiger partial charge in [-0.05, 0) is 43.7 Å². The zero-order valence-electron chi connectivity index (χ0n) is 17.7. The average Bonchev–Trinajstić information content (AvgIpc) is 2.77. The lowest BCUT2D eigenvalue weighted by atomic mass is 10.2.